The maximum Gasteiger partial charge on any atom is 0.289 e. The van der Waals surface area contributed by atoms with Crippen LogP contribution in [0.15, 0.2) is 51.7 Å². The second kappa shape index (κ2) is 5.74. The number of aromatic nitrogens is 1. The van der Waals surface area contributed by atoms with Gasteiger partial charge in [-0.25, -0.2) is 0 Å². The Morgan fingerprint density at radius 1 is 1.12 bits per heavy atom. The Kier molecular flexibility index (Phi) is 3.47. The molecule has 3 aromatic rings. The number of amides is 1. The van der Waals surface area contributed by atoms with Crippen molar-refractivity contribution in [3.8, 4) is 0 Å². The molecule has 0 unspecified atom stereocenters. The molecule has 26 heavy (non-hydrogen) atoms. The molecule has 5 nitrogen and oxygen atoms in total. The molecule has 1 fully saturated rings. The van der Waals surface area contributed by atoms with Crippen LogP contribution in [0.4, 0.5) is 0 Å². The second-order valence-electron chi connectivity index (χ2n) is 7.20. The Balaban J connectivity index is 1.46. The van der Waals surface area contributed by atoms with Gasteiger partial charge in [0.15, 0.2) is 5.76 Å². The van der Waals surface area contributed by atoms with E-state index in [2.05, 4.69) is 0 Å². The van der Waals surface area contributed by atoms with E-state index in [0.717, 1.165) is 17.5 Å². The van der Waals surface area contributed by atoms with Crippen molar-refractivity contribution in [2.75, 3.05) is 13.1 Å². The summed E-state index contributed by atoms with van der Waals surface area (Å²) in [5, 5.41) is 1.45. The lowest BCUT2D eigenvalue weighted by molar-refractivity contribution is 0.0566. The third-order valence-electron chi connectivity index (χ3n) is 5.46. The average Bonchev–Trinajstić information content (AvgIpc) is 3.05. The van der Waals surface area contributed by atoms with Crippen molar-refractivity contribution in [3.05, 3.63) is 69.3 Å². The van der Waals surface area contributed by atoms with E-state index in [9.17, 15) is 9.59 Å². The van der Waals surface area contributed by atoms with Gasteiger partial charge in [0.1, 0.15) is 5.58 Å². The van der Waals surface area contributed by atoms with Crippen LogP contribution in [0, 0.1) is 5.92 Å². The molecule has 2 aromatic heterocycles. The minimum absolute atomic E-state index is 0.0474. The monoisotopic (exact) mass is 368 g/mol. The predicted molar refractivity (Wildman–Crippen MR) is 98.7 cm³/mol. The first-order chi connectivity index (χ1) is 12.6. The number of benzene rings is 1. The molecule has 0 radical (unpaired) electrons. The van der Waals surface area contributed by atoms with Gasteiger partial charge in [0.2, 0.25) is 0 Å². The highest BCUT2D eigenvalue weighted by Gasteiger charge is 2.37. The largest absolute Gasteiger partial charge is 0.451 e. The Bertz CT molecular complexity index is 1080. The Morgan fingerprint density at radius 2 is 2.00 bits per heavy atom. The van der Waals surface area contributed by atoms with Crippen LogP contribution in [0.25, 0.3) is 11.0 Å². The molecule has 0 N–H and O–H groups in total. The van der Waals surface area contributed by atoms with E-state index in [1.54, 1.807) is 36.4 Å². The number of nitrogens with zero attached hydrogens (tertiary/aromatic N) is 2. The first-order valence-corrected chi connectivity index (χ1v) is 9.14. The summed E-state index contributed by atoms with van der Waals surface area (Å²) in [5.41, 5.74) is 1.74. The highest BCUT2D eigenvalue weighted by atomic mass is 35.5. The fourth-order valence-electron chi connectivity index (χ4n) is 4.34. The minimum atomic E-state index is -0.0984. The summed E-state index contributed by atoms with van der Waals surface area (Å²) in [6.45, 7) is 1.93. The van der Waals surface area contributed by atoms with Gasteiger partial charge in [-0.1, -0.05) is 17.7 Å². The number of halogens is 1. The molecule has 2 atom stereocenters. The van der Waals surface area contributed by atoms with E-state index in [1.165, 1.54) is 0 Å². The van der Waals surface area contributed by atoms with Crippen LogP contribution in [-0.4, -0.2) is 28.5 Å². The Labute approximate surface area is 154 Å². The average molecular weight is 369 g/mol. The van der Waals surface area contributed by atoms with Crippen LogP contribution in [-0.2, 0) is 6.54 Å². The van der Waals surface area contributed by atoms with Gasteiger partial charge in [0.05, 0.1) is 0 Å². The summed E-state index contributed by atoms with van der Waals surface area (Å²) in [5.74, 6) is 0.731. The van der Waals surface area contributed by atoms with Crippen LogP contribution in [0.5, 0.6) is 0 Å². The lowest BCUT2D eigenvalue weighted by Crippen LogP contribution is -2.49. The third-order valence-corrected chi connectivity index (χ3v) is 5.69. The topological polar surface area (TPSA) is 55.5 Å². The van der Waals surface area contributed by atoms with Gasteiger partial charge in [-0.05, 0) is 42.7 Å². The van der Waals surface area contributed by atoms with E-state index in [-0.39, 0.29) is 17.4 Å². The molecule has 1 amide bonds. The predicted octanol–water partition coefficient (Wildman–Crippen LogP) is 3.51. The molecule has 132 valence electrons. The maximum atomic E-state index is 13.0. The number of carbonyl (C=O) groups excluding carboxylic acids is 1. The number of piperidine rings is 1. The van der Waals surface area contributed by atoms with Crippen molar-refractivity contribution in [2.45, 2.75) is 18.9 Å². The summed E-state index contributed by atoms with van der Waals surface area (Å²) in [7, 11) is 0. The van der Waals surface area contributed by atoms with Gasteiger partial charge in [-0.2, -0.15) is 0 Å². The van der Waals surface area contributed by atoms with Crippen LogP contribution >= 0.6 is 11.6 Å². The van der Waals surface area contributed by atoms with Gasteiger partial charge in [-0.3, -0.25) is 9.59 Å². The van der Waals surface area contributed by atoms with E-state index in [4.69, 9.17) is 16.0 Å². The zero-order valence-corrected chi connectivity index (χ0v) is 14.8. The number of fused-ring (bicyclic) bond motifs is 5. The van der Waals surface area contributed by atoms with E-state index < -0.39 is 0 Å². The molecule has 2 aliphatic heterocycles. The minimum Gasteiger partial charge on any atom is -0.451 e. The van der Waals surface area contributed by atoms with Gasteiger partial charge >= 0.3 is 0 Å². The third kappa shape index (κ3) is 2.46. The molecule has 1 saturated heterocycles. The molecule has 1 aromatic carbocycles. The van der Waals surface area contributed by atoms with Crippen molar-refractivity contribution < 1.29 is 9.21 Å². The van der Waals surface area contributed by atoms with Gasteiger partial charge in [0, 0.05) is 47.7 Å². The highest BCUT2D eigenvalue weighted by molar-refractivity contribution is 6.31. The molecule has 6 heteroatoms. The lowest BCUT2D eigenvalue weighted by Gasteiger charge is -2.42. The molecule has 2 aliphatic rings. The normalized spacial score (nSPS) is 21.7. The zero-order chi connectivity index (χ0) is 17.8. The molecular weight excluding hydrogens is 352 g/mol. The smallest absolute Gasteiger partial charge is 0.289 e. The summed E-state index contributed by atoms with van der Waals surface area (Å²) in [6.07, 6.45) is 1.02. The number of pyridine rings is 1. The number of carbonyl (C=O) groups is 1. The van der Waals surface area contributed by atoms with Crippen LogP contribution < -0.4 is 5.56 Å². The van der Waals surface area contributed by atoms with Crippen LogP contribution in [0.3, 0.4) is 0 Å². The molecule has 0 saturated carbocycles. The number of furan rings is 1. The maximum absolute atomic E-state index is 13.0. The molecule has 4 heterocycles. The van der Waals surface area contributed by atoms with E-state index in [0.29, 0.717) is 41.9 Å². The first kappa shape index (κ1) is 15.7. The molecular formula is C20H17ClN2O3. The number of hydrogen-bond acceptors (Lipinski definition) is 3. The SMILES string of the molecule is O=C(c1cc2cc(Cl)ccc2o1)N1C[C@@H]2C[C@H](C1)c1cccc(=O)n1C2. The van der Waals surface area contributed by atoms with E-state index in [1.807, 2.05) is 15.5 Å². The Morgan fingerprint density at radius 3 is 2.88 bits per heavy atom. The van der Waals surface area contributed by atoms with Crippen molar-refractivity contribution >= 4 is 28.5 Å². The van der Waals surface area contributed by atoms with E-state index >= 15 is 0 Å². The summed E-state index contributed by atoms with van der Waals surface area (Å²) in [4.78, 5) is 27.0. The van der Waals surface area contributed by atoms with Crippen molar-refractivity contribution in [1.29, 1.82) is 0 Å². The molecule has 0 aliphatic carbocycles. The standard InChI is InChI=1S/C20H17ClN2O3/c21-15-4-5-17-13(7-15)8-18(26-17)20(25)22-9-12-6-14(11-22)16-2-1-3-19(24)23(16)10-12/h1-5,7-8,12,14H,6,9-11H2/t12-,14+/m0/s1. The summed E-state index contributed by atoms with van der Waals surface area (Å²) in [6, 6.07) is 12.5. The van der Waals surface area contributed by atoms with Gasteiger partial charge in [-0.15, -0.1) is 0 Å². The molecule has 0 spiro atoms. The quantitative estimate of drug-likeness (QED) is 0.660. The molecule has 5 rings (SSSR count). The summed E-state index contributed by atoms with van der Waals surface area (Å²) < 4.78 is 7.61. The fourth-order valence-corrected chi connectivity index (χ4v) is 4.52. The van der Waals surface area contributed by atoms with Gasteiger partial charge in [0.25, 0.3) is 11.5 Å². The summed E-state index contributed by atoms with van der Waals surface area (Å²) >= 11 is 6.02. The van der Waals surface area contributed by atoms with Crippen molar-refractivity contribution in [3.63, 3.8) is 0 Å². The van der Waals surface area contributed by atoms with Crippen LogP contribution in [0.2, 0.25) is 5.02 Å². The zero-order valence-electron chi connectivity index (χ0n) is 14.0. The molecule has 2 bridgehead atoms. The van der Waals surface area contributed by atoms with Crippen LogP contribution in [0.1, 0.15) is 28.6 Å². The van der Waals surface area contributed by atoms with Crippen molar-refractivity contribution in [1.82, 2.24) is 9.47 Å². The van der Waals surface area contributed by atoms with Crippen molar-refractivity contribution in [2.24, 2.45) is 5.92 Å². The lowest BCUT2D eigenvalue weighted by atomic mass is 9.83. The highest BCUT2D eigenvalue weighted by Crippen LogP contribution is 2.36. The van der Waals surface area contributed by atoms with Gasteiger partial charge < -0.3 is 13.9 Å². The fraction of sp³-hybridized carbons (Fsp3) is 0.300. The number of rotatable bonds is 1. The first-order valence-electron chi connectivity index (χ1n) is 8.76. The number of likely N-dealkylation sites (tertiary alicyclic amines) is 1. The Hall–Kier alpha value is -2.53. The number of hydrogen-bond donors (Lipinski definition) is 0. The second-order valence-corrected chi connectivity index (χ2v) is 7.64.